The number of carbonyl (C=O) groups excluding carboxylic acids is 1. The van der Waals surface area contributed by atoms with Crippen LogP contribution in [0, 0.1) is 19.8 Å². The zero-order chi connectivity index (χ0) is 20.9. The van der Waals surface area contributed by atoms with Crippen molar-refractivity contribution in [1.29, 1.82) is 0 Å². The van der Waals surface area contributed by atoms with Gasteiger partial charge >= 0.3 is 5.69 Å². The fourth-order valence-corrected chi connectivity index (χ4v) is 5.90. The molecule has 158 valence electrons. The van der Waals surface area contributed by atoms with Gasteiger partial charge in [-0.15, -0.1) is 0 Å². The Morgan fingerprint density at radius 1 is 1.13 bits per heavy atom. The van der Waals surface area contributed by atoms with E-state index in [1.54, 1.807) is 6.92 Å². The zero-order valence-corrected chi connectivity index (χ0v) is 17.7. The molecule has 4 bridgehead atoms. The lowest BCUT2D eigenvalue weighted by molar-refractivity contribution is -0.125. The van der Waals surface area contributed by atoms with E-state index in [0.29, 0.717) is 11.6 Å². The van der Waals surface area contributed by atoms with Gasteiger partial charge in [-0.2, -0.15) is 4.98 Å². The van der Waals surface area contributed by atoms with Gasteiger partial charge in [0.2, 0.25) is 5.91 Å². The van der Waals surface area contributed by atoms with Gasteiger partial charge in [0.15, 0.2) is 0 Å². The Labute approximate surface area is 176 Å². The van der Waals surface area contributed by atoms with Crippen LogP contribution in [-0.2, 0) is 16.8 Å². The maximum Gasteiger partial charge on any atom is 0.348 e. The first-order valence-corrected chi connectivity index (χ1v) is 10.8. The molecule has 0 radical (unpaired) electrons. The molecule has 0 saturated carbocycles. The lowest BCUT2D eigenvalue weighted by Gasteiger charge is -2.55. The third-order valence-corrected chi connectivity index (χ3v) is 7.11. The zero-order valence-electron chi connectivity index (χ0n) is 17.7. The Kier molecular flexibility index (Phi) is 4.75. The van der Waals surface area contributed by atoms with Gasteiger partial charge < -0.3 is 15.1 Å². The van der Waals surface area contributed by atoms with Gasteiger partial charge in [0.05, 0.1) is 0 Å². The van der Waals surface area contributed by atoms with E-state index in [0.717, 1.165) is 45.0 Å². The first-order chi connectivity index (χ1) is 14.4. The van der Waals surface area contributed by atoms with E-state index in [9.17, 15) is 9.59 Å². The molecule has 4 saturated heterocycles. The number of nitrogens with one attached hydrogen (secondary N) is 1. The molecule has 3 unspecified atom stereocenters. The Morgan fingerprint density at radius 2 is 1.80 bits per heavy atom. The number of rotatable bonds is 4. The fourth-order valence-electron chi connectivity index (χ4n) is 5.90. The van der Waals surface area contributed by atoms with Gasteiger partial charge in [-0.25, -0.2) is 4.79 Å². The minimum absolute atomic E-state index is 0.0134. The Morgan fingerprint density at radius 3 is 2.43 bits per heavy atom. The number of amides is 1. The maximum absolute atomic E-state index is 13.1. The second kappa shape index (κ2) is 7.32. The number of hydrogen-bond acceptors (Lipinski definition) is 5. The molecule has 1 aromatic carbocycles. The summed E-state index contributed by atoms with van der Waals surface area (Å²) in [5.74, 6) is 0.274. The van der Waals surface area contributed by atoms with E-state index in [2.05, 4.69) is 44.4 Å². The number of hydrogen-bond donors (Lipinski definition) is 1. The monoisotopic (exact) mass is 407 g/mol. The molecule has 4 fully saturated rings. The number of fused-ring (bicyclic) bond motifs is 1. The van der Waals surface area contributed by atoms with Crippen molar-refractivity contribution in [3.63, 3.8) is 0 Å². The van der Waals surface area contributed by atoms with Crippen LogP contribution in [0.2, 0.25) is 0 Å². The van der Waals surface area contributed by atoms with Crippen LogP contribution in [0.5, 0.6) is 0 Å². The van der Waals surface area contributed by atoms with Crippen LogP contribution >= 0.6 is 0 Å². The molecule has 0 aliphatic carbocycles. The predicted octanol–water partition coefficient (Wildman–Crippen LogP) is 0.544. The van der Waals surface area contributed by atoms with Gasteiger partial charge in [-0.3, -0.25) is 9.36 Å². The van der Waals surface area contributed by atoms with Crippen molar-refractivity contribution in [2.45, 2.75) is 31.8 Å². The molecule has 3 atom stereocenters. The summed E-state index contributed by atoms with van der Waals surface area (Å²) in [6.45, 7) is 9.79. The van der Waals surface area contributed by atoms with Crippen LogP contribution in [0.3, 0.4) is 0 Å². The van der Waals surface area contributed by atoms with Gasteiger partial charge in [0.1, 0.15) is 6.54 Å². The molecule has 1 N–H and O–H groups in total. The van der Waals surface area contributed by atoms with Crippen molar-refractivity contribution in [2.24, 2.45) is 5.92 Å². The summed E-state index contributed by atoms with van der Waals surface area (Å²) in [4.78, 5) is 34.6. The summed E-state index contributed by atoms with van der Waals surface area (Å²) >= 11 is 0. The van der Waals surface area contributed by atoms with Crippen LogP contribution in [0.1, 0.15) is 17.0 Å². The molecule has 6 rings (SSSR count). The van der Waals surface area contributed by atoms with Crippen molar-refractivity contribution >= 4 is 5.91 Å². The van der Waals surface area contributed by atoms with Crippen molar-refractivity contribution in [3.8, 4) is 0 Å². The summed E-state index contributed by atoms with van der Waals surface area (Å²) < 4.78 is 1.47. The third kappa shape index (κ3) is 3.26. The van der Waals surface area contributed by atoms with Crippen molar-refractivity contribution in [3.05, 3.63) is 63.8 Å². The molecule has 4 aliphatic rings. The second-order valence-electron chi connectivity index (χ2n) is 9.21. The highest BCUT2D eigenvalue weighted by Gasteiger charge is 2.55. The highest BCUT2D eigenvalue weighted by atomic mass is 16.2. The number of aryl methyl sites for hydroxylation is 2. The first-order valence-electron chi connectivity index (χ1n) is 10.8. The SMILES string of the molecule is Cc1cc(C)n(CC(=O)NC2C3CN4CCN(C3)CC2(c2ccccc2)C4)c(=O)n1. The lowest BCUT2D eigenvalue weighted by atomic mass is 9.64. The van der Waals surface area contributed by atoms with Crippen molar-refractivity contribution in [1.82, 2.24) is 24.7 Å². The third-order valence-electron chi connectivity index (χ3n) is 7.11. The smallest absolute Gasteiger partial charge is 0.348 e. The lowest BCUT2D eigenvalue weighted by Crippen LogP contribution is -2.70. The summed E-state index contributed by atoms with van der Waals surface area (Å²) in [5, 5.41) is 3.37. The quantitative estimate of drug-likeness (QED) is 0.801. The summed E-state index contributed by atoms with van der Waals surface area (Å²) in [7, 11) is 0. The van der Waals surface area contributed by atoms with E-state index in [1.807, 2.05) is 19.1 Å². The minimum Gasteiger partial charge on any atom is -0.350 e. The molecule has 0 spiro atoms. The Balaban J connectivity index is 1.46. The Bertz CT molecular complexity index is 1000. The number of nitrogens with zero attached hydrogens (tertiary/aromatic N) is 4. The van der Waals surface area contributed by atoms with Crippen LogP contribution in [0.25, 0.3) is 0 Å². The molecule has 2 aromatic rings. The summed E-state index contributed by atoms with van der Waals surface area (Å²) in [6, 6.07) is 12.5. The highest BCUT2D eigenvalue weighted by Crippen LogP contribution is 2.43. The number of carbonyl (C=O) groups is 1. The average molecular weight is 408 g/mol. The van der Waals surface area contributed by atoms with E-state index >= 15 is 0 Å². The maximum atomic E-state index is 13.1. The van der Waals surface area contributed by atoms with E-state index in [-0.39, 0.29) is 29.6 Å². The molecular formula is C23H29N5O2. The van der Waals surface area contributed by atoms with Crippen LogP contribution < -0.4 is 11.0 Å². The van der Waals surface area contributed by atoms with E-state index in [4.69, 9.17) is 0 Å². The van der Waals surface area contributed by atoms with Gasteiger partial charge in [-0.1, -0.05) is 30.3 Å². The van der Waals surface area contributed by atoms with Crippen LogP contribution in [-0.4, -0.2) is 70.6 Å². The molecule has 7 nitrogen and oxygen atoms in total. The molecule has 4 aliphatic heterocycles. The molecular weight excluding hydrogens is 378 g/mol. The molecule has 5 heterocycles. The van der Waals surface area contributed by atoms with Crippen molar-refractivity contribution in [2.75, 3.05) is 39.3 Å². The molecule has 1 amide bonds. The fraction of sp³-hybridized carbons (Fsp3) is 0.522. The minimum atomic E-state index is -0.362. The molecule has 7 heteroatoms. The normalized spacial score (nSPS) is 32.1. The van der Waals surface area contributed by atoms with Crippen molar-refractivity contribution < 1.29 is 4.79 Å². The van der Waals surface area contributed by atoms with Crippen LogP contribution in [0.4, 0.5) is 0 Å². The highest BCUT2D eigenvalue weighted by molar-refractivity contribution is 5.76. The summed E-state index contributed by atoms with van der Waals surface area (Å²) in [5.41, 5.74) is 2.25. The van der Waals surface area contributed by atoms with Gasteiger partial charge in [0, 0.05) is 68.0 Å². The summed E-state index contributed by atoms with van der Waals surface area (Å²) in [6.07, 6.45) is 0. The second-order valence-corrected chi connectivity index (χ2v) is 9.21. The first kappa shape index (κ1) is 19.5. The van der Waals surface area contributed by atoms with Crippen LogP contribution in [0.15, 0.2) is 41.2 Å². The largest absolute Gasteiger partial charge is 0.350 e. The number of piperidine rings is 2. The Hall–Kier alpha value is -2.51. The number of benzene rings is 1. The van der Waals surface area contributed by atoms with Gasteiger partial charge in [-0.05, 0) is 25.5 Å². The van der Waals surface area contributed by atoms with E-state index in [1.165, 1.54) is 10.1 Å². The van der Waals surface area contributed by atoms with E-state index < -0.39 is 0 Å². The molecule has 1 aromatic heterocycles. The topological polar surface area (TPSA) is 70.5 Å². The molecule has 30 heavy (non-hydrogen) atoms. The predicted molar refractivity (Wildman–Crippen MR) is 114 cm³/mol. The van der Waals surface area contributed by atoms with Gasteiger partial charge in [0.25, 0.3) is 0 Å². The number of aromatic nitrogens is 2. The standard InChI is InChI=1S/C23H29N5O2/c1-16-10-17(2)28(22(30)24-16)13-20(29)25-21-18-11-26-8-9-27(12-18)15-23(21,14-26)19-6-4-3-5-7-19/h3-7,10,18,21H,8-9,11-15H2,1-2H3,(H,25,29). The average Bonchev–Trinajstić information content (AvgIpc) is 2.96.